The van der Waals surface area contributed by atoms with E-state index in [4.69, 9.17) is 26.6 Å². The summed E-state index contributed by atoms with van der Waals surface area (Å²) in [5.74, 6) is -1.54. The molecule has 3 N–H and O–H groups in total. The predicted molar refractivity (Wildman–Crippen MR) is 99.3 cm³/mol. The van der Waals surface area contributed by atoms with E-state index in [0.29, 0.717) is 10.6 Å². The van der Waals surface area contributed by atoms with Crippen molar-refractivity contribution >= 4 is 40.8 Å². The number of hydrogen-bond acceptors (Lipinski definition) is 10. The number of anilines is 3. The third kappa shape index (κ3) is 3.69. The standard InChI is InChI=1S/C16H13ClN6O5/c1-2-27-16(24)10-11(8-3-5-9(17)6-4-8)22-28-15(10)21-14-12(23(25)26)13(18)19-7-20-14/h3-7H,2H2,1H3,(H3,18,19,20,21). The summed E-state index contributed by atoms with van der Waals surface area (Å²) in [6.07, 6.45) is 1.03. The van der Waals surface area contributed by atoms with Crippen molar-refractivity contribution in [2.45, 2.75) is 6.92 Å². The number of carbonyl (C=O) groups excluding carboxylic acids is 1. The summed E-state index contributed by atoms with van der Waals surface area (Å²) in [7, 11) is 0. The quantitative estimate of drug-likeness (QED) is 0.354. The largest absolute Gasteiger partial charge is 0.462 e. The fourth-order valence-corrected chi connectivity index (χ4v) is 2.47. The molecular formula is C16H13ClN6O5. The highest BCUT2D eigenvalue weighted by molar-refractivity contribution is 6.30. The Morgan fingerprint density at radius 3 is 2.71 bits per heavy atom. The first-order chi connectivity index (χ1) is 13.4. The highest BCUT2D eigenvalue weighted by Gasteiger charge is 2.29. The second kappa shape index (κ2) is 7.88. The van der Waals surface area contributed by atoms with E-state index in [2.05, 4.69) is 20.4 Å². The molecule has 2 aromatic heterocycles. The van der Waals surface area contributed by atoms with E-state index in [1.807, 2.05) is 0 Å². The molecular weight excluding hydrogens is 392 g/mol. The normalized spacial score (nSPS) is 10.5. The van der Waals surface area contributed by atoms with Crippen LogP contribution in [-0.4, -0.2) is 32.6 Å². The maximum absolute atomic E-state index is 12.5. The van der Waals surface area contributed by atoms with E-state index >= 15 is 0 Å². The number of nitrogens with one attached hydrogen (secondary N) is 1. The van der Waals surface area contributed by atoms with Gasteiger partial charge in [0.05, 0.1) is 11.5 Å². The van der Waals surface area contributed by atoms with Gasteiger partial charge in [0.15, 0.2) is 5.56 Å². The second-order valence-electron chi connectivity index (χ2n) is 5.30. The van der Waals surface area contributed by atoms with Crippen molar-refractivity contribution in [1.29, 1.82) is 0 Å². The summed E-state index contributed by atoms with van der Waals surface area (Å²) in [5.41, 5.74) is 5.62. The average molecular weight is 405 g/mol. The van der Waals surface area contributed by atoms with Crippen LogP contribution < -0.4 is 11.1 Å². The van der Waals surface area contributed by atoms with E-state index in [1.165, 1.54) is 0 Å². The van der Waals surface area contributed by atoms with Crippen molar-refractivity contribution in [2.24, 2.45) is 0 Å². The van der Waals surface area contributed by atoms with Gasteiger partial charge in [-0.3, -0.25) is 10.1 Å². The lowest BCUT2D eigenvalue weighted by atomic mass is 10.1. The molecule has 1 aromatic carbocycles. The van der Waals surface area contributed by atoms with Gasteiger partial charge in [-0.2, -0.15) is 0 Å². The number of nitro groups is 1. The van der Waals surface area contributed by atoms with Crippen molar-refractivity contribution in [3.63, 3.8) is 0 Å². The summed E-state index contributed by atoms with van der Waals surface area (Å²) in [6.45, 7) is 1.74. The minimum absolute atomic E-state index is 0.0596. The Hall–Kier alpha value is -3.73. The zero-order valence-electron chi connectivity index (χ0n) is 14.4. The number of aromatic nitrogens is 3. The molecule has 144 valence electrons. The highest BCUT2D eigenvalue weighted by atomic mass is 35.5. The van der Waals surface area contributed by atoms with Gasteiger partial charge in [0.25, 0.3) is 0 Å². The number of rotatable bonds is 6. The van der Waals surface area contributed by atoms with Crippen LogP contribution in [0.4, 0.5) is 23.2 Å². The van der Waals surface area contributed by atoms with Crippen LogP contribution in [0.15, 0.2) is 35.1 Å². The highest BCUT2D eigenvalue weighted by Crippen LogP contribution is 2.35. The number of esters is 1. The maximum Gasteiger partial charge on any atom is 0.353 e. The summed E-state index contributed by atoms with van der Waals surface area (Å²) in [5, 5.41) is 18.2. The zero-order chi connectivity index (χ0) is 20.3. The minimum Gasteiger partial charge on any atom is -0.462 e. The van der Waals surface area contributed by atoms with Crippen molar-refractivity contribution in [1.82, 2.24) is 15.1 Å². The van der Waals surface area contributed by atoms with Gasteiger partial charge in [-0.1, -0.05) is 28.9 Å². The van der Waals surface area contributed by atoms with Gasteiger partial charge in [-0.25, -0.2) is 14.8 Å². The van der Waals surface area contributed by atoms with Gasteiger partial charge in [0.2, 0.25) is 17.5 Å². The van der Waals surface area contributed by atoms with Crippen molar-refractivity contribution < 1.29 is 19.0 Å². The Morgan fingerprint density at radius 1 is 1.36 bits per heavy atom. The monoisotopic (exact) mass is 404 g/mol. The molecule has 3 rings (SSSR count). The van der Waals surface area contributed by atoms with Crippen LogP contribution in [0.3, 0.4) is 0 Å². The van der Waals surface area contributed by atoms with Crippen LogP contribution in [0, 0.1) is 10.1 Å². The van der Waals surface area contributed by atoms with E-state index in [9.17, 15) is 14.9 Å². The van der Waals surface area contributed by atoms with Crippen LogP contribution in [0.1, 0.15) is 17.3 Å². The summed E-state index contributed by atoms with van der Waals surface area (Å²) < 4.78 is 10.3. The molecule has 0 atom stereocenters. The number of hydrogen-bond donors (Lipinski definition) is 2. The van der Waals surface area contributed by atoms with Gasteiger partial charge in [-0.05, 0) is 19.1 Å². The Kier molecular flexibility index (Phi) is 5.36. The summed E-state index contributed by atoms with van der Waals surface area (Å²) in [4.78, 5) is 30.4. The lowest BCUT2D eigenvalue weighted by molar-refractivity contribution is -0.383. The van der Waals surface area contributed by atoms with E-state index in [-0.39, 0.29) is 35.4 Å². The molecule has 0 saturated heterocycles. The molecule has 0 aliphatic carbocycles. The molecule has 28 heavy (non-hydrogen) atoms. The third-order valence-electron chi connectivity index (χ3n) is 3.55. The van der Waals surface area contributed by atoms with Crippen LogP contribution in [-0.2, 0) is 4.74 Å². The first-order valence-corrected chi connectivity index (χ1v) is 8.24. The van der Waals surface area contributed by atoms with Gasteiger partial charge in [0.1, 0.15) is 12.0 Å². The fraction of sp³-hybridized carbons (Fsp3) is 0.125. The second-order valence-corrected chi connectivity index (χ2v) is 5.74. The van der Waals surface area contributed by atoms with Crippen molar-refractivity contribution in [3.8, 4) is 11.3 Å². The van der Waals surface area contributed by atoms with E-state index < -0.39 is 16.6 Å². The smallest absolute Gasteiger partial charge is 0.353 e. The third-order valence-corrected chi connectivity index (χ3v) is 3.81. The molecule has 2 heterocycles. The van der Waals surface area contributed by atoms with Crippen molar-refractivity contribution in [3.05, 3.63) is 51.3 Å². The SMILES string of the molecule is CCOC(=O)c1c(-c2ccc(Cl)cc2)noc1Nc1ncnc(N)c1[N+](=O)[O-]. The fourth-order valence-electron chi connectivity index (χ4n) is 2.34. The first kappa shape index (κ1) is 19.0. The number of carbonyl (C=O) groups is 1. The Bertz CT molecular complexity index is 1040. The molecule has 12 heteroatoms. The maximum atomic E-state index is 12.5. The molecule has 0 saturated carbocycles. The molecule has 0 spiro atoms. The summed E-state index contributed by atoms with van der Waals surface area (Å²) in [6, 6.07) is 6.50. The van der Waals surface area contributed by atoms with Gasteiger partial charge in [-0.15, -0.1) is 0 Å². The molecule has 0 fully saturated rings. The summed E-state index contributed by atoms with van der Waals surface area (Å²) >= 11 is 5.89. The Morgan fingerprint density at radius 2 is 2.07 bits per heavy atom. The average Bonchev–Trinajstić information content (AvgIpc) is 3.06. The number of nitrogens with zero attached hydrogens (tertiary/aromatic N) is 4. The molecule has 0 unspecified atom stereocenters. The van der Waals surface area contributed by atoms with E-state index in [0.717, 1.165) is 6.33 Å². The molecule has 0 radical (unpaired) electrons. The van der Waals surface area contributed by atoms with Gasteiger partial charge < -0.3 is 20.3 Å². The molecule has 0 aliphatic rings. The Balaban J connectivity index is 2.10. The minimum atomic E-state index is -0.752. The topological polar surface area (TPSA) is 159 Å². The lowest BCUT2D eigenvalue weighted by Crippen LogP contribution is -2.09. The van der Waals surface area contributed by atoms with Crippen LogP contribution in [0.25, 0.3) is 11.3 Å². The number of benzene rings is 1. The number of ether oxygens (including phenoxy) is 1. The van der Waals surface area contributed by atoms with Gasteiger partial charge in [0, 0.05) is 10.6 Å². The lowest BCUT2D eigenvalue weighted by Gasteiger charge is -2.07. The molecule has 0 aliphatic heterocycles. The molecule has 0 amide bonds. The Labute approximate surface area is 162 Å². The number of nitrogens with two attached hydrogens (primary N) is 1. The first-order valence-electron chi connectivity index (χ1n) is 7.87. The molecule has 11 nitrogen and oxygen atoms in total. The van der Waals surface area contributed by atoms with Crippen LogP contribution >= 0.6 is 11.6 Å². The van der Waals surface area contributed by atoms with Crippen LogP contribution in [0.2, 0.25) is 5.02 Å². The van der Waals surface area contributed by atoms with E-state index in [1.54, 1.807) is 31.2 Å². The van der Waals surface area contributed by atoms with Gasteiger partial charge >= 0.3 is 11.7 Å². The molecule has 3 aromatic rings. The van der Waals surface area contributed by atoms with Crippen molar-refractivity contribution in [2.75, 3.05) is 17.7 Å². The zero-order valence-corrected chi connectivity index (χ0v) is 15.1. The molecule has 0 bridgehead atoms. The van der Waals surface area contributed by atoms with Crippen LogP contribution in [0.5, 0.6) is 0 Å². The number of halogens is 1. The number of nitrogen functional groups attached to an aromatic ring is 1. The predicted octanol–water partition coefficient (Wildman–Crippen LogP) is 3.20.